The number of hydrogen-bond acceptors (Lipinski definition) is 5. The van der Waals surface area contributed by atoms with E-state index in [9.17, 15) is 26.7 Å². The number of sulfonamides is 1. The summed E-state index contributed by atoms with van der Waals surface area (Å²) >= 11 is 0. The van der Waals surface area contributed by atoms with Gasteiger partial charge in [0.2, 0.25) is 0 Å². The first-order chi connectivity index (χ1) is 11.0. The third kappa shape index (κ3) is 3.74. The Bertz CT molecular complexity index is 993. The van der Waals surface area contributed by atoms with Crippen LogP contribution in [-0.4, -0.2) is 34.2 Å². The molecule has 0 aliphatic heterocycles. The number of hydrogen-bond donors (Lipinski definition) is 2. The van der Waals surface area contributed by atoms with Gasteiger partial charge in [0.15, 0.2) is 9.84 Å². The van der Waals surface area contributed by atoms with Crippen LogP contribution in [0.3, 0.4) is 0 Å². The molecule has 2 rings (SSSR count). The molecule has 2 aromatic rings. The van der Waals surface area contributed by atoms with Crippen LogP contribution in [0.4, 0.5) is 5.69 Å². The van der Waals surface area contributed by atoms with Gasteiger partial charge >= 0.3 is 5.97 Å². The van der Waals surface area contributed by atoms with E-state index in [0.717, 1.165) is 18.4 Å². The Morgan fingerprint density at radius 1 is 0.958 bits per heavy atom. The lowest BCUT2D eigenvalue weighted by atomic mass is 10.1. The molecule has 0 atom stereocenters. The van der Waals surface area contributed by atoms with Crippen molar-refractivity contribution in [3.63, 3.8) is 0 Å². The number of carboxylic acid groups (broad SMARTS) is 1. The largest absolute Gasteiger partial charge is 0.478 e. The van der Waals surface area contributed by atoms with Crippen LogP contribution < -0.4 is 4.72 Å². The van der Waals surface area contributed by atoms with Gasteiger partial charge in [-0.3, -0.25) is 4.72 Å². The smallest absolute Gasteiger partial charge is 0.337 e. The van der Waals surface area contributed by atoms with E-state index in [4.69, 9.17) is 0 Å². The molecule has 0 aromatic heterocycles. The number of carbonyl (C=O) groups is 1. The fourth-order valence-electron chi connectivity index (χ4n) is 2.04. The Hall–Kier alpha value is -2.39. The topological polar surface area (TPSA) is 118 Å². The van der Waals surface area contributed by atoms with Crippen molar-refractivity contribution >= 4 is 31.5 Å². The molecule has 0 bridgehead atoms. The molecule has 24 heavy (non-hydrogen) atoms. The van der Waals surface area contributed by atoms with E-state index in [1.165, 1.54) is 24.3 Å². The number of sulfone groups is 1. The van der Waals surface area contributed by atoms with Crippen LogP contribution >= 0.6 is 0 Å². The molecule has 0 spiro atoms. The van der Waals surface area contributed by atoms with Gasteiger partial charge in [0.05, 0.1) is 21.0 Å². The van der Waals surface area contributed by atoms with Crippen molar-refractivity contribution in [1.29, 1.82) is 0 Å². The number of rotatable bonds is 5. The highest BCUT2D eigenvalue weighted by Crippen LogP contribution is 2.24. The molecule has 0 aliphatic carbocycles. The minimum Gasteiger partial charge on any atom is -0.478 e. The van der Waals surface area contributed by atoms with Crippen LogP contribution in [0.2, 0.25) is 0 Å². The van der Waals surface area contributed by atoms with Crippen LogP contribution in [0.5, 0.6) is 0 Å². The highest BCUT2D eigenvalue weighted by Gasteiger charge is 2.20. The Balaban J connectivity index is 2.45. The standard InChI is InChI=1S/C15H15NO6S2/c1-10-4-3-5-13(15(17)18)14(10)16-24(21,22)12-8-6-11(7-9-12)23(2,19)20/h3-9,16H,1-2H3,(H,17,18). The summed E-state index contributed by atoms with van der Waals surface area (Å²) in [6, 6.07) is 9.04. The first-order valence-electron chi connectivity index (χ1n) is 6.68. The molecule has 0 fully saturated rings. The van der Waals surface area contributed by atoms with Crippen LogP contribution in [0.15, 0.2) is 52.3 Å². The molecule has 0 unspecified atom stereocenters. The molecule has 0 saturated heterocycles. The zero-order valence-electron chi connectivity index (χ0n) is 12.8. The molecule has 0 amide bonds. The summed E-state index contributed by atoms with van der Waals surface area (Å²) in [7, 11) is -7.50. The number of para-hydroxylation sites is 1. The quantitative estimate of drug-likeness (QED) is 0.831. The predicted octanol–water partition coefficient (Wildman–Crippen LogP) is 1.90. The molecule has 2 N–H and O–H groups in total. The maximum absolute atomic E-state index is 12.4. The van der Waals surface area contributed by atoms with E-state index in [0.29, 0.717) is 5.56 Å². The number of anilines is 1. The summed E-state index contributed by atoms with van der Waals surface area (Å²) in [5, 5.41) is 9.18. The van der Waals surface area contributed by atoms with Crippen molar-refractivity contribution in [3.8, 4) is 0 Å². The molecule has 0 radical (unpaired) electrons. The van der Waals surface area contributed by atoms with Crippen molar-refractivity contribution < 1.29 is 26.7 Å². The number of benzene rings is 2. The maximum Gasteiger partial charge on any atom is 0.337 e. The Labute approximate surface area is 139 Å². The van der Waals surface area contributed by atoms with E-state index in [1.807, 2.05) is 0 Å². The molecule has 0 saturated carbocycles. The van der Waals surface area contributed by atoms with Gasteiger partial charge < -0.3 is 5.11 Å². The monoisotopic (exact) mass is 369 g/mol. The normalized spacial score (nSPS) is 11.9. The Morgan fingerprint density at radius 3 is 2.00 bits per heavy atom. The van der Waals surface area contributed by atoms with Gasteiger partial charge in [-0.1, -0.05) is 12.1 Å². The fraction of sp³-hybridized carbons (Fsp3) is 0.133. The molecule has 7 nitrogen and oxygen atoms in total. The fourth-order valence-corrected chi connectivity index (χ4v) is 3.82. The molecule has 9 heteroatoms. The van der Waals surface area contributed by atoms with E-state index < -0.39 is 25.8 Å². The Kier molecular flexibility index (Phi) is 4.68. The predicted molar refractivity (Wildman–Crippen MR) is 88.5 cm³/mol. The van der Waals surface area contributed by atoms with E-state index in [-0.39, 0.29) is 21.0 Å². The lowest BCUT2D eigenvalue weighted by molar-refractivity contribution is 0.0698. The van der Waals surface area contributed by atoms with E-state index >= 15 is 0 Å². The molecule has 2 aromatic carbocycles. The van der Waals surface area contributed by atoms with Crippen molar-refractivity contribution in [3.05, 3.63) is 53.6 Å². The first kappa shape index (κ1) is 18.0. The minimum absolute atomic E-state index is 0.0106. The maximum atomic E-state index is 12.4. The van der Waals surface area contributed by atoms with Crippen molar-refractivity contribution in [2.45, 2.75) is 16.7 Å². The highest BCUT2D eigenvalue weighted by atomic mass is 32.2. The number of aryl methyl sites for hydroxylation is 1. The van der Waals surface area contributed by atoms with E-state index in [1.54, 1.807) is 13.0 Å². The van der Waals surface area contributed by atoms with Crippen LogP contribution in [0, 0.1) is 6.92 Å². The number of nitrogens with one attached hydrogen (secondary N) is 1. The van der Waals surface area contributed by atoms with Crippen LogP contribution in [-0.2, 0) is 19.9 Å². The number of aromatic carboxylic acids is 1. The third-order valence-corrected chi connectivity index (χ3v) is 5.80. The molecular formula is C15H15NO6S2. The van der Waals surface area contributed by atoms with Gasteiger partial charge in [0.25, 0.3) is 10.0 Å². The van der Waals surface area contributed by atoms with Gasteiger partial charge in [-0.15, -0.1) is 0 Å². The van der Waals surface area contributed by atoms with Crippen molar-refractivity contribution in [1.82, 2.24) is 0 Å². The summed E-state index contributed by atoms with van der Waals surface area (Å²) < 4.78 is 50.0. The van der Waals surface area contributed by atoms with Crippen LogP contribution in [0.1, 0.15) is 15.9 Å². The zero-order chi connectivity index (χ0) is 18.1. The number of carboxylic acids is 1. The lowest BCUT2D eigenvalue weighted by Gasteiger charge is -2.13. The van der Waals surface area contributed by atoms with Gasteiger partial charge in [0.1, 0.15) is 0 Å². The van der Waals surface area contributed by atoms with Crippen molar-refractivity contribution in [2.75, 3.05) is 11.0 Å². The average molecular weight is 369 g/mol. The molecular weight excluding hydrogens is 354 g/mol. The summed E-state index contributed by atoms with van der Waals surface area (Å²) in [6.45, 7) is 1.58. The molecule has 0 heterocycles. The summed E-state index contributed by atoms with van der Waals surface area (Å²) in [5.41, 5.74) is 0.245. The second kappa shape index (κ2) is 6.25. The lowest BCUT2D eigenvalue weighted by Crippen LogP contribution is -2.16. The SMILES string of the molecule is Cc1cccc(C(=O)O)c1NS(=O)(=O)c1ccc(S(C)(=O)=O)cc1. The first-order valence-corrected chi connectivity index (χ1v) is 10.1. The minimum atomic E-state index is -4.06. The van der Waals surface area contributed by atoms with Crippen molar-refractivity contribution in [2.24, 2.45) is 0 Å². The molecule has 0 aliphatic rings. The van der Waals surface area contributed by atoms with E-state index in [2.05, 4.69) is 4.72 Å². The van der Waals surface area contributed by atoms with Crippen LogP contribution in [0.25, 0.3) is 0 Å². The molecule has 128 valence electrons. The second-order valence-corrected chi connectivity index (χ2v) is 8.85. The Morgan fingerprint density at radius 2 is 1.50 bits per heavy atom. The average Bonchev–Trinajstić information content (AvgIpc) is 2.48. The summed E-state index contributed by atoms with van der Waals surface area (Å²) in [6.07, 6.45) is 1.02. The third-order valence-electron chi connectivity index (χ3n) is 3.30. The highest BCUT2D eigenvalue weighted by molar-refractivity contribution is 7.92. The van der Waals surface area contributed by atoms with Gasteiger partial charge in [0, 0.05) is 6.26 Å². The van der Waals surface area contributed by atoms with Gasteiger partial charge in [-0.25, -0.2) is 21.6 Å². The zero-order valence-corrected chi connectivity index (χ0v) is 14.5. The van der Waals surface area contributed by atoms with Gasteiger partial charge in [-0.2, -0.15) is 0 Å². The second-order valence-electron chi connectivity index (χ2n) is 5.15. The summed E-state index contributed by atoms with van der Waals surface area (Å²) in [5.74, 6) is -1.26. The van der Waals surface area contributed by atoms with Gasteiger partial charge in [-0.05, 0) is 42.8 Å². The summed E-state index contributed by atoms with van der Waals surface area (Å²) in [4.78, 5) is 11.1.